The second kappa shape index (κ2) is 6.84. The minimum absolute atomic E-state index is 0.00573. The number of aliphatic hydroxyl groups excluding tert-OH is 1. The van der Waals surface area contributed by atoms with E-state index in [1.807, 2.05) is 24.3 Å². The van der Waals surface area contributed by atoms with Crippen molar-refractivity contribution in [3.05, 3.63) is 33.9 Å². The van der Waals surface area contributed by atoms with Gasteiger partial charge in [0.1, 0.15) is 0 Å². The lowest BCUT2D eigenvalue weighted by atomic mass is 10.3. The highest BCUT2D eigenvalue weighted by atomic mass is 32.1. The summed E-state index contributed by atoms with van der Waals surface area (Å²) in [5.41, 5.74) is 0.908. The SMILES string of the molecule is CCCCNC[C@H](O)Cn1c(=O)sc2ccccc21. The average molecular weight is 280 g/mol. The molecule has 1 aromatic heterocycles. The summed E-state index contributed by atoms with van der Waals surface area (Å²) in [6, 6.07) is 7.69. The molecule has 0 saturated heterocycles. The number of unbranched alkanes of at least 4 members (excludes halogenated alkanes) is 1. The zero-order valence-corrected chi connectivity index (χ0v) is 11.9. The van der Waals surface area contributed by atoms with Crippen LogP contribution in [0.25, 0.3) is 10.2 Å². The second-order valence-corrected chi connectivity index (χ2v) is 5.65. The lowest BCUT2D eigenvalue weighted by Crippen LogP contribution is -2.32. The highest BCUT2D eigenvalue weighted by Crippen LogP contribution is 2.16. The Kier molecular flexibility index (Phi) is 5.13. The summed E-state index contributed by atoms with van der Waals surface area (Å²) in [7, 11) is 0. The molecule has 0 aliphatic carbocycles. The quantitative estimate of drug-likeness (QED) is 0.761. The molecule has 1 atom stereocenters. The van der Waals surface area contributed by atoms with Crippen LogP contribution in [0.4, 0.5) is 0 Å². The van der Waals surface area contributed by atoms with Gasteiger partial charge in [-0.2, -0.15) is 0 Å². The van der Waals surface area contributed by atoms with E-state index in [0.717, 1.165) is 29.6 Å². The minimum Gasteiger partial charge on any atom is -0.390 e. The van der Waals surface area contributed by atoms with Crippen LogP contribution >= 0.6 is 11.3 Å². The molecule has 0 bridgehead atoms. The molecule has 5 heteroatoms. The van der Waals surface area contributed by atoms with Crippen LogP contribution in [-0.4, -0.2) is 28.9 Å². The van der Waals surface area contributed by atoms with Crippen LogP contribution < -0.4 is 10.2 Å². The average Bonchev–Trinajstić information content (AvgIpc) is 2.72. The van der Waals surface area contributed by atoms with E-state index in [0.29, 0.717) is 13.1 Å². The number of aliphatic hydroxyl groups is 1. The van der Waals surface area contributed by atoms with Gasteiger partial charge in [-0.3, -0.25) is 9.36 Å². The fourth-order valence-corrected chi connectivity index (χ4v) is 2.93. The van der Waals surface area contributed by atoms with Crippen LogP contribution in [0.1, 0.15) is 19.8 Å². The maximum absolute atomic E-state index is 11.9. The fourth-order valence-electron chi connectivity index (χ4n) is 2.03. The summed E-state index contributed by atoms with van der Waals surface area (Å²) in [6.07, 6.45) is 1.71. The van der Waals surface area contributed by atoms with E-state index in [1.165, 1.54) is 11.3 Å². The van der Waals surface area contributed by atoms with E-state index < -0.39 is 6.10 Å². The summed E-state index contributed by atoms with van der Waals surface area (Å²) in [4.78, 5) is 11.9. The van der Waals surface area contributed by atoms with Crippen LogP contribution in [0.3, 0.4) is 0 Å². The smallest absolute Gasteiger partial charge is 0.308 e. The van der Waals surface area contributed by atoms with Crippen molar-refractivity contribution in [1.82, 2.24) is 9.88 Å². The molecular formula is C14H20N2O2S. The normalized spacial score (nSPS) is 12.9. The van der Waals surface area contributed by atoms with Crippen molar-refractivity contribution in [3.63, 3.8) is 0 Å². The predicted octanol–water partition coefficient (Wildman–Crippen LogP) is 1.81. The van der Waals surface area contributed by atoms with Gasteiger partial charge in [-0.15, -0.1) is 0 Å². The van der Waals surface area contributed by atoms with E-state index in [-0.39, 0.29) is 4.87 Å². The molecule has 104 valence electrons. The summed E-state index contributed by atoms with van der Waals surface area (Å²) >= 11 is 1.23. The molecular weight excluding hydrogens is 260 g/mol. The number of hydrogen-bond donors (Lipinski definition) is 2. The van der Waals surface area contributed by atoms with E-state index in [1.54, 1.807) is 4.57 Å². The summed E-state index contributed by atoms with van der Waals surface area (Å²) in [5, 5.41) is 13.2. The monoisotopic (exact) mass is 280 g/mol. The van der Waals surface area contributed by atoms with Crippen molar-refractivity contribution in [3.8, 4) is 0 Å². The van der Waals surface area contributed by atoms with Crippen LogP contribution in [0, 0.1) is 0 Å². The Morgan fingerprint density at radius 1 is 1.42 bits per heavy atom. The highest BCUT2D eigenvalue weighted by molar-refractivity contribution is 7.16. The van der Waals surface area contributed by atoms with E-state index in [4.69, 9.17) is 0 Å². The first-order chi connectivity index (χ1) is 9.22. The van der Waals surface area contributed by atoms with Gasteiger partial charge in [-0.05, 0) is 25.1 Å². The largest absolute Gasteiger partial charge is 0.390 e. The Hall–Kier alpha value is -1.17. The number of nitrogens with zero attached hydrogens (tertiary/aromatic N) is 1. The van der Waals surface area contributed by atoms with Gasteiger partial charge in [0.2, 0.25) is 0 Å². The van der Waals surface area contributed by atoms with Gasteiger partial charge in [0.15, 0.2) is 0 Å². The van der Waals surface area contributed by atoms with Crippen molar-refractivity contribution in [2.45, 2.75) is 32.4 Å². The zero-order valence-electron chi connectivity index (χ0n) is 11.1. The Morgan fingerprint density at radius 3 is 3.00 bits per heavy atom. The molecule has 4 nitrogen and oxygen atoms in total. The van der Waals surface area contributed by atoms with Gasteiger partial charge in [0.25, 0.3) is 0 Å². The van der Waals surface area contributed by atoms with E-state index in [9.17, 15) is 9.90 Å². The molecule has 1 heterocycles. The molecule has 0 spiro atoms. The number of nitrogens with one attached hydrogen (secondary N) is 1. The number of para-hydroxylation sites is 1. The molecule has 19 heavy (non-hydrogen) atoms. The predicted molar refractivity (Wildman–Crippen MR) is 79.9 cm³/mol. The molecule has 0 radical (unpaired) electrons. The lowest BCUT2D eigenvalue weighted by Gasteiger charge is -2.12. The molecule has 0 saturated carbocycles. The van der Waals surface area contributed by atoms with Crippen molar-refractivity contribution in [2.75, 3.05) is 13.1 Å². The third-order valence-corrected chi connectivity index (χ3v) is 4.01. The molecule has 0 fully saturated rings. The van der Waals surface area contributed by atoms with E-state index in [2.05, 4.69) is 12.2 Å². The van der Waals surface area contributed by atoms with Crippen molar-refractivity contribution in [2.24, 2.45) is 0 Å². The molecule has 2 rings (SSSR count). The summed E-state index contributed by atoms with van der Waals surface area (Å²) in [6.45, 7) is 3.92. The third-order valence-electron chi connectivity index (χ3n) is 3.05. The number of thiazole rings is 1. The standard InChI is InChI=1S/C14H20N2O2S/c1-2-3-8-15-9-11(17)10-16-12-6-4-5-7-13(12)19-14(16)18/h4-7,11,15,17H,2-3,8-10H2,1H3/t11-/m0/s1. The van der Waals surface area contributed by atoms with Crippen LogP contribution in [0.15, 0.2) is 29.1 Å². The number of aromatic nitrogens is 1. The van der Waals surface area contributed by atoms with Gasteiger partial charge in [0.05, 0.1) is 22.9 Å². The topological polar surface area (TPSA) is 54.3 Å². The Morgan fingerprint density at radius 2 is 2.21 bits per heavy atom. The van der Waals surface area contributed by atoms with Gasteiger partial charge in [0, 0.05) is 6.54 Å². The minimum atomic E-state index is -0.535. The first kappa shape index (κ1) is 14.2. The Labute approximate surface area is 116 Å². The molecule has 0 amide bonds. The Bertz CT molecular complexity index is 576. The third kappa shape index (κ3) is 3.65. The molecule has 1 aromatic carbocycles. The number of benzene rings is 1. The fraction of sp³-hybridized carbons (Fsp3) is 0.500. The summed E-state index contributed by atoms with van der Waals surface area (Å²) in [5.74, 6) is 0. The van der Waals surface area contributed by atoms with Crippen molar-refractivity contribution >= 4 is 21.6 Å². The van der Waals surface area contributed by atoms with Crippen molar-refractivity contribution in [1.29, 1.82) is 0 Å². The number of fused-ring (bicyclic) bond motifs is 1. The number of hydrogen-bond acceptors (Lipinski definition) is 4. The molecule has 2 aromatic rings. The van der Waals surface area contributed by atoms with Gasteiger partial charge in [-0.1, -0.05) is 36.8 Å². The maximum Gasteiger partial charge on any atom is 0.308 e. The first-order valence-electron chi connectivity index (χ1n) is 6.69. The Balaban J connectivity index is 2.00. The van der Waals surface area contributed by atoms with Crippen molar-refractivity contribution < 1.29 is 5.11 Å². The lowest BCUT2D eigenvalue weighted by molar-refractivity contribution is 0.152. The van der Waals surface area contributed by atoms with Gasteiger partial charge in [-0.25, -0.2) is 0 Å². The van der Waals surface area contributed by atoms with Crippen LogP contribution in [-0.2, 0) is 6.54 Å². The summed E-state index contributed by atoms with van der Waals surface area (Å²) < 4.78 is 2.63. The zero-order chi connectivity index (χ0) is 13.7. The van der Waals surface area contributed by atoms with Crippen LogP contribution in [0.5, 0.6) is 0 Å². The molecule has 2 N–H and O–H groups in total. The van der Waals surface area contributed by atoms with Crippen LogP contribution in [0.2, 0.25) is 0 Å². The maximum atomic E-state index is 11.9. The molecule has 0 aliphatic rings. The van der Waals surface area contributed by atoms with E-state index >= 15 is 0 Å². The van der Waals surface area contributed by atoms with Gasteiger partial charge >= 0.3 is 4.87 Å². The second-order valence-electron chi connectivity index (χ2n) is 4.66. The van der Waals surface area contributed by atoms with Gasteiger partial charge < -0.3 is 10.4 Å². The first-order valence-corrected chi connectivity index (χ1v) is 7.51. The molecule has 0 aliphatic heterocycles. The highest BCUT2D eigenvalue weighted by Gasteiger charge is 2.11. The molecule has 0 unspecified atom stereocenters. The number of rotatable bonds is 7.